The molecule has 2 aliphatic rings. The number of ether oxygens (including phenoxy) is 3. The third-order valence-corrected chi connectivity index (χ3v) is 5.21. The summed E-state index contributed by atoms with van der Waals surface area (Å²) >= 11 is 0. The van der Waals surface area contributed by atoms with Crippen molar-refractivity contribution >= 4 is 17.5 Å². The maximum Gasteiger partial charge on any atom is 0.260 e. The van der Waals surface area contributed by atoms with E-state index >= 15 is 0 Å². The number of piperidine rings is 1. The Bertz CT molecular complexity index is 906. The van der Waals surface area contributed by atoms with Crippen LogP contribution in [0.5, 0.6) is 17.2 Å². The van der Waals surface area contributed by atoms with Crippen LogP contribution in [0.3, 0.4) is 0 Å². The van der Waals surface area contributed by atoms with Crippen LogP contribution in [0.2, 0.25) is 0 Å². The van der Waals surface area contributed by atoms with Gasteiger partial charge in [-0.2, -0.15) is 0 Å². The first-order valence-electron chi connectivity index (χ1n) is 9.76. The highest BCUT2D eigenvalue weighted by Gasteiger charge is 2.28. The standard InChI is InChI=1S/C22H24N2O5/c1-15-3-2-4-18(11-15)27-13-21(25)24-9-7-16(8-10-24)22(26)23-17-5-6-19-20(12-17)29-14-28-19/h2-6,11-12,16H,7-10,13-14H2,1H3,(H,23,26). The van der Waals surface area contributed by atoms with E-state index in [9.17, 15) is 9.59 Å². The molecule has 2 amide bonds. The number of amides is 2. The molecular formula is C22H24N2O5. The van der Waals surface area contributed by atoms with Gasteiger partial charge in [-0.15, -0.1) is 0 Å². The van der Waals surface area contributed by atoms with Gasteiger partial charge in [0.05, 0.1) is 0 Å². The van der Waals surface area contributed by atoms with Crippen molar-refractivity contribution < 1.29 is 23.8 Å². The molecule has 2 aromatic carbocycles. The van der Waals surface area contributed by atoms with E-state index in [0.29, 0.717) is 48.9 Å². The van der Waals surface area contributed by atoms with E-state index < -0.39 is 0 Å². The molecule has 4 rings (SSSR count). The number of hydrogen-bond donors (Lipinski definition) is 1. The van der Waals surface area contributed by atoms with Crippen LogP contribution < -0.4 is 19.5 Å². The molecule has 1 fully saturated rings. The number of benzene rings is 2. The number of carbonyl (C=O) groups is 2. The van der Waals surface area contributed by atoms with Crippen LogP contribution in [0.25, 0.3) is 0 Å². The van der Waals surface area contributed by atoms with E-state index in [0.717, 1.165) is 5.56 Å². The molecule has 2 aromatic rings. The van der Waals surface area contributed by atoms with Gasteiger partial charge in [-0.05, 0) is 49.6 Å². The van der Waals surface area contributed by atoms with Gasteiger partial charge in [0.25, 0.3) is 5.91 Å². The number of anilines is 1. The minimum absolute atomic E-state index is 0.0114. The summed E-state index contributed by atoms with van der Waals surface area (Å²) < 4.78 is 16.2. The van der Waals surface area contributed by atoms with Gasteiger partial charge in [0.1, 0.15) is 5.75 Å². The molecule has 0 unspecified atom stereocenters. The Hall–Kier alpha value is -3.22. The number of likely N-dealkylation sites (tertiary alicyclic amines) is 1. The molecule has 0 aliphatic carbocycles. The number of nitrogens with one attached hydrogen (secondary N) is 1. The Morgan fingerprint density at radius 3 is 2.69 bits per heavy atom. The van der Waals surface area contributed by atoms with Crippen LogP contribution in [-0.2, 0) is 9.59 Å². The highest BCUT2D eigenvalue weighted by molar-refractivity contribution is 5.93. The molecule has 7 heteroatoms. The van der Waals surface area contributed by atoms with Crippen LogP contribution >= 0.6 is 0 Å². The monoisotopic (exact) mass is 396 g/mol. The van der Waals surface area contributed by atoms with Crippen LogP contribution in [0.4, 0.5) is 5.69 Å². The maximum atomic E-state index is 12.6. The maximum absolute atomic E-state index is 12.6. The van der Waals surface area contributed by atoms with Gasteiger partial charge in [0.15, 0.2) is 18.1 Å². The number of fused-ring (bicyclic) bond motifs is 1. The summed E-state index contributed by atoms with van der Waals surface area (Å²) in [6.45, 7) is 3.29. The zero-order chi connectivity index (χ0) is 20.2. The van der Waals surface area contributed by atoms with Crippen LogP contribution in [0.1, 0.15) is 18.4 Å². The van der Waals surface area contributed by atoms with E-state index in [4.69, 9.17) is 14.2 Å². The third kappa shape index (κ3) is 4.62. The molecule has 0 aromatic heterocycles. The largest absolute Gasteiger partial charge is 0.484 e. The van der Waals surface area contributed by atoms with E-state index in [1.165, 1.54) is 0 Å². The summed E-state index contributed by atoms with van der Waals surface area (Å²) in [7, 11) is 0. The van der Waals surface area contributed by atoms with Crippen molar-refractivity contribution in [3.05, 3.63) is 48.0 Å². The lowest BCUT2D eigenvalue weighted by atomic mass is 9.95. The van der Waals surface area contributed by atoms with Gasteiger partial charge in [-0.25, -0.2) is 0 Å². The molecule has 29 heavy (non-hydrogen) atoms. The molecule has 7 nitrogen and oxygen atoms in total. The Morgan fingerprint density at radius 2 is 1.90 bits per heavy atom. The van der Waals surface area contributed by atoms with E-state index in [-0.39, 0.29) is 31.1 Å². The van der Waals surface area contributed by atoms with Crippen molar-refractivity contribution in [3.63, 3.8) is 0 Å². The summed E-state index contributed by atoms with van der Waals surface area (Å²) in [4.78, 5) is 26.7. The van der Waals surface area contributed by atoms with Gasteiger partial charge in [-0.3, -0.25) is 9.59 Å². The number of hydrogen-bond acceptors (Lipinski definition) is 5. The molecule has 152 valence electrons. The first kappa shape index (κ1) is 19.1. The van der Waals surface area contributed by atoms with Crippen molar-refractivity contribution in [2.24, 2.45) is 5.92 Å². The van der Waals surface area contributed by atoms with E-state index in [2.05, 4.69) is 5.32 Å². The van der Waals surface area contributed by atoms with Gasteiger partial charge < -0.3 is 24.4 Å². The fourth-order valence-corrected chi connectivity index (χ4v) is 3.55. The zero-order valence-corrected chi connectivity index (χ0v) is 16.3. The second kappa shape index (κ2) is 8.43. The molecule has 2 aliphatic heterocycles. The average molecular weight is 396 g/mol. The molecule has 2 heterocycles. The van der Waals surface area contributed by atoms with Gasteiger partial charge in [0, 0.05) is 30.8 Å². The quantitative estimate of drug-likeness (QED) is 0.841. The third-order valence-electron chi connectivity index (χ3n) is 5.21. The fourth-order valence-electron chi connectivity index (χ4n) is 3.55. The average Bonchev–Trinajstić information content (AvgIpc) is 3.20. The van der Waals surface area contributed by atoms with Crippen molar-refractivity contribution in [3.8, 4) is 17.2 Å². The highest BCUT2D eigenvalue weighted by atomic mass is 16.7. The molecule has 0 bridgehead atoms. The molecule has 0 saturated carbocycles. The van der Waals surface area contributed by atoms with E-state index in [1.54, 1.807) is 23.1 Å². The van der Waals surface area contributed by atoms with E-state index in [1.807, 2.05) is 31.2 Å². The summed E-state index contributed by atoms with van der Waals surface area (Å²) in [5.74, 6) is 1.80. The smallest absolute Gasteiger partial charge is 0.260 e. The second-order valence-corrected chi connectivity index (χ2v) is 7.32. The Morgan fingerprint density at radius 1 is 1.10 bits per heavy atom. The summed E-state index contributed by atoms with van der Waals surface area (Å²) in [5.41, 5.74) is 1.77. The number of aryl methyl sites for hydroxylation is 1. The lowest BCUT2D eigenvalue weighted by Crippen LogP contribution is -2.43. The Labute approximate surface area is 169 Å². The lowest BCUT2D eigenvalue weighted by Gasteiger charge is -2.31. The van der Waals surface area contributed by atoms with Gasteiger partial charge in [0.2, 0.25) is 12.7 Å². The Balaban J connectivity index is 1.24. The number of carbonyl (C=O) groups excluding carboxylic acids is 2. The van der Waals surface area contributed by atoms with Crippen molar-refractivity contribution in [2.45, 2.75) is 19.8 Å². The van der Waals surface area contributed by atoms with Crippen LogP contribution in [0, 0.1) is 12.8 Å². The molecule has 1 saturated heterocycles. The minimum atomic E-state index is -0.123. The minimum Gasteiger partial charge on any atom is -0.484 e. The van der Waals surface area contributed by atoms with Crippen molar-refractivity contribution in [1.82, 2.24) is 4.90 Å². The SMILES string of the molecule is Cc1cccc(OCC(=O)N2CCC(C(=O)Nc3ccc4c(c3)OCO4)CC2)c1. The number of rotatable bonds is 5. The van der Waals surface area contributed by atoms with Crippen molar-refractivity contribution in [1.29, 1.82) is 0 Å². The normalized spacial score (nSPS) is 15.8. The predicted octanol–water partition coefficient (Wildman–Crippen LogP) is 2.98. The topological polar surface area (TPSA) is 77.1 Å². The molecule has 0 atom stereocenters. The fraction of sp³-hybridized carbons (Fsp3) is 0.364. The first-order chi connectivity index (χ1) is 14.1. The summed E-state index contributed by atoms with van der Waals surface area (Å²) in [6, 6.07) is 13.0. The lowest BCUT2D eigenvalue weighted by molar-refractivity contribution is -0.136. The predicted molar refractivity (Wildman–Crippen MR) is 107 cm³/mol. The zero-order valence-electron chi connectivity index (χ0n) is 16.3. The molecule has 1 N–H and O–H groups in total. The van der Waals surface area contributed by atoms with Crippen LogP contribution in [-0.4, -0.2) is 43.2 Å². The van der Waals surface area contributed by atoms with Crippen LogP contribution in [0.15, 0.2) is 42.5 Å². The second-order valence-electron chi connectivity index (χ2n) is 7.32. The van der Waals surface area contributed by atoms with Gasteiger partial charge in [-0.1, -0.05) is 12.1 Å². The van der Waals surface area contributed by atoms with Gasteiger partial charge >= 0.3 is 0 Å². The molecule has 0 spiro atoms. The summed E-state index contributed by atoms with van der Waals surface area (Å²) in [5, 5.41) is 2.93. The Kier molecular flexibility index (Phi) is 5.55. The molecular weight excluding hydrogens is 372 g/mol. The van der Waals surface area contributed by atoms with Crippen molar-refractivity contribution in [2.75, 3.05) is 31.8 Å². The summed E-state index contributed by atoms with van der Waals surface area (Å²) in [6.07, 6.45) is 1.26. The number of nitrogens with zero attached hydrogens (tertiary/aromatic N) is 1. The highest BCUT2D eigenvalue weighted by Crippen LogP contribution is 2.34. The first-order valence-corrected chi connectivity index (χ1v) is 9.76. The molecule has 0 radical (unpaired) electrons.